The summed E-state index contributed by atoms with van der Waals surface area (Å²) < 4.78 is 4.76. The van der Waals surface area contributed by atoms with Crippen LogP contribution >= 0.6 is 11.6 Å². The molecule has 1 aliphatic heterocycles. The van der Waals surface area contributed by atoms with Gasteiger partial charge in [0.25, 0.3) is 0 Å². The zero-order chi connectivity index (χ0) is 13.8. The molecule has 0 aromatic heterocycles. The smallest absolute Gasteiger partial charge is 0.338 e. The number of allylic oxidation sites excluding steroid dienone is 1. The number of alkyl halides is 1. The number of hydrogen-bond acceptors (Lipinski definition) is 3. The van der Waals surface area contributed by atoms with Crippen LogP contribution in [0, 0.1) is 0 Å². The second-order valence-corrected chi connectivity index (χ2v) is 4.23. The maximum Gasteiger partial charge on any atom is 0.338 e. The van der Waals surface area contributed by atoms with Crippen molar-refractivity contribution in [2.45, 2.75) is 6.04 Å². The van der Waals surface area contributed by atoms with Gasteiger partial charge in [-0.1, -0.05) is 30.3 Å². The molecular formula is C13H13ClN2O3. The number of ether oxygens (including phenoxy) is 1. The molecule has 2 amide bonds. The SMILES string of the molecule is COC(=O)C1=C(CCl)NC(=O)N[C@@H]1c1ccccc1. The van der Waals surface area contributed by atoms with E-state index in [4.69, 9.17) is 16.3 Å². The number of benzene rings is 1. The second kappa shape index (κ2) is 5.75. The number of nitrogens with one attached hydrogen (secondary N) is 2. The van der Waals surface area contributed by atoms with Gasteiger partial charge in [0.2, 0.25) is 0 Å². The molecule has 1 aromatic rings. The number of carbonyl (C=O) groups excluding carboxylic acids is 2. The first-order valence-corrected chi connectivity index (χ1v) is 6.20. The van der Waals surface area contributed by atoms with E-state index in [0.29, 0.717) is 11.3 Å². The Balaban J connectivity index is 2.50. The summed E-state index contributed by atoms with van der Waals surface area (Å²) >= 11 is 5.79. The van der Waals surface area contributed by atoms with Gasteiger partial charge in [0.1, 0.15) is 0 Å². The first-order chi connectivity index (χ1) is 9.17. The largest absolute Gasteiger partial charge is 0.466 e. The molecule has 1 atom stereocenters. The number of rotatable bonds is 3. The highest BCUT2D eigenvalue weighted by Crippen LogP contribution is 2.27. The van der Waals surface area contributed by atoms with Crippen molar-refractivity contribution in [2.75, 3.05) is 13.0 Å². The molecule has 5 nitrogen and oxygen atoms in total. The molecule has 0 aliphatic carbocycles. The molecule has 0 bridgehead atoms. The van der Waals surface area contributed by atoms with Gasteiger partial charge in [-0.05, 0) is 5.56 Å². The van der Waals surface area contributed by atoms with Gasteiger partial charge in [0, 0.05) is 5.70 Å². The van der Waals surface area contributed by atoms with Crippen LogP contribution in [0.15, 0.2) is 41.6 Å². The van der Waals surface area contributed by atoms with Gasteiger partial charge in [-0.15, -0.1) is 11.6 Å². The van der Waals surface area contributed by atoms with E-state index in [9.17, 15) is 9.59 Å². The Morgan fingerprint density at radius 1 is 1.37 bits per heavy atom. The molecule has 0 fully saturated rings. The lowest BCUT2D eigenvalue weighted by atomic mass is 9.96. The van der Waals surface area contributed by atoms with Crippen LogP contribution in [0.1, 0.15) is 11.6 Å². The van der Waals surface area contributed by atoms with Crippen molar-refractivity contribution in [3.63, 3.8) is 0 Å². The topological polar surface area (TPSA) is 67.4 Å². The van der Waals surface area contributed by atoms with E-state index in [0.717, 1.165) is 5.56 Å². The van der Waals surface area contributed by atoms with Crippen LogP contribution in [-0.2, 0) is 9.53 Å². The predicted molar refractivity (Wildman–Crippen MR) is 70.6 cm³/mol. The second-order valence-electron chi connectivity index (χ2n) is 3.96. The molecule has 1 aliphatic rings. The average molecular weight is 281 g/mol. The van der Waals surface area contributed by atoms with E-state index >= 15 is 0 Å². The lowest BCUT2D eigenvalue weighted by molar-refractivity contribution is -0.136. The van der Waals surface area contributed by atoms with Gasteiger partial charge in [-0.25, -0.2) is 9.59 Å². The monoisotopic (exact) mass is 280 g/mol. The Hall–Kier alpha value is -2.01. The summed E-state index contributed by atoms with van der Waals surface area (Å²) in [4.78, 5) is 23.5. The van der Waals surface area contributed by atoms with E-state index in [1.807, 2.05) is 30.3 Å². The van der Waals surface area contributed by atoms with Gasteiger partial charge in [-0.3, -0.25) is 0 Å². The van der Waals surface area contributed by atoms with Gasteiger partial charge < -0.3 is 15.4 Å². The molecule has 1 heterocycles. The molecule has 0 saturated carbocycles. The Morgan fingerprint density at radius 3 is 2.63 bits per heavy atom. The lowest BCUT2D eigenvalue weighted by Crippen LogP contribution is -2.46. The zero-order valence-corrected chi connectivity index (χ0v) is 11.0. The third kappa shape index (κ3) is 2.71. The number of carbonyl (C=O) groups is 2. The summed E-state index contributed by atoms with van der Waals surface area (Å²) in [6.45, 7) is 0. The van der Waals surface area contributed by atoms with Crippen molar-refractivity contribution in [1.82, 2.24) is 10.6 Å². The number of hydrogen-bond donors (Lipinski definition) is 2. The summed E-state index contributed by atoms with van der Waals surface area (Å²) in [7, 11) is 1.29. The first kappa shape index (κ1) is 13.4. The van der Waals surface area contributed by atoms with Gasteiger partial charge in [-0.2, -0.15) is 0 Å². The van der Waals surface area contributed by atoms with Crippen molar-refractivity contribution >= 4 is 23.6 Å². The predicted octanol–water partition coefficient (Wildman–Crippen LogP) is 1.71. The fourth-order valence-electron chi connectivity index (χ4n) is 1.97. The van der Waals surface area contributed by atoms with E-state index in [-0.39, 0.29) is 5.88 Å². The minimum absolute atomic E-state index is 0.0290. The quantitative estimate of drug-likeness (QED) is 0.654. The van der Waals surface area contributed by atoms with Crippen molar-refractivity contribution in [2.24, 2.45) is 0 Å². The number of halogens is 1. The summed E-state index contributed by atoms with van der Waals surface area (Å²) in [6, 6.07) is 8.22. The molecule has 2 N–H and O–H groups in total. The van der Waals surface area contributed by atoms with Gasteiger partial charge >= 0.3 is 12.0 Å². The molecule has 2 rings (SSSR count). The highest BCUT2D eigenvalue weighted by atomic mass is 35.5. The van der Waals surface area contributed by atoms with E-state index < -0.39 is 18.0 Å². The number of methoxy groups -OCH3 is 1. The molecular weight excluding hydrogens is 268 g/mol. The minimum atomic E-state index is -0.559. The fraction of sp³-hybridized carbons (Fsp3) is 0.231. The van der Waals surface area contributed by atoms with E-state index in [2.05, 4.69) is 10.6 Å². The maximum atomic E-state index is 11.9. The summed E-state index contributed by atoms with van der Waals surface area (Å²) in [5.74, 6) is -0.488. The lowest BCUT2D eigenvalue weighted by Gasteiger charge is -2.28. The third-order valence-corrected chi connectivity index (χ3v) is 3.09. The Kier molecular flexibility index (Phi) is 4.06. The van der Waals surface area contributed by atoms with E-state index in [1.165, 1.54) is 7.11 Å². The van der Waals surface area contributed by atoms with Crippen LogP contribution < -0.4 is 10.6 Å². The Labute approximate surface area is 115 Å². The minimum Gasteiger partial charge on any atom is -0.466 e. The summed E-state index contributed by atoms with van der Waals surface area (Å²) in [6.07, 6.45) is 0. The summed E-state index contributed by atoms with van der Waals surface area (Å²) in [5.41, 5.74) is 1.48. The Bertz CT molecular complexity index is 528. The van der Waals surface area contributed by atoms with Crippen LogP contribution in [-0.4, -0.2) is 25.0 Å². The van der Waals surface area contributed by atoms with Crippen LogP contribution in [0.25, 0.3) is 0 Å². The normalized spacial score (nSPS) is 18.6. The van der Waals surface area contributed by atoms with Crippen molar-refractivity contribution < 1.29 is 14.3 Å². The molecule has 100 valence electrons. The zero-order valence-electron chi connectivity index (χ0n) is 10.3. The van der Waals surface area contributed by atoms with Gasteiger partial charge in [0.15, 0.2) is 0 Å². The molecule has 0 unspecified atom stereocenters. The molecule has 19 heavy (non-hydrogen) atoms. The van der Waals surface area contributed by atoms with Crippen molar-refractivity contribution in [1.29, 1.82) is 0 Å². The average Bonchev–Trinajstić information content (AvgIpc) is 2.46. The molecule has 0 spiro atoms. The highest BCUT2D eigenvalue weighted by molar-refractivity contribution is 6.20. The molecule has 6 heteroatoms. The number of esters is 1. The standard InChI is InChI=1S/C13H13ClN2O3/c1-19-12(17)10-9(7-14)15-13(18)16-11(10)8-5-3-2-4-6-8/h2-6,11H,7H2,1H3,(H2,15,16,18)/t11-/m1/s1. The van der Waals surface area contributed by atoms with Crippen LogP contribution in [0.4, 0.5) is 4.79 Å². The van der Waals surface area contributed by atoms with Crippen LogP contribution in [0.3, 0.4) is 0 Å². The van der Waals surface area contributed by atoms with Crippen molar-refractivity contribution in [3.05, 3.63) is 47.2 Å². The molecule has 1 aromatic carbocycles. The van der Waals surface area contributed by atoms with Crippen LogP contribution in [0.2, 0.25) is 0 Å². The van der Waals surface area contributed by atoms with Crippen molar-refractivity contribution in [3.8, 4) is 0 Å². The third-order valence-electron chi connectivity index (χ3n) is 2.83. The molecule has 0 radical (unpaired) electrons. The maximum absolute atomic E-state index is 11.9. The fourth-order valence-corrected chi connectivity index (χ4v) is 2.18. The number of amides is 2. The van der Waals surface area contributed by atoms with Crippen LogP contribution in [0.5, 0.6) is 0 Å². The molecule has 0 saturated heterocycles. The Morgan fingerprint density at radius 2 is 2.05 bits per heavy atom. The van der Waals surface area contributed by atoms with Gasteiger partial charge in [0.05, 0.1) is 24.6 Å². The first-order valence-electron chi connectivity index (χ1n) is 5.67. The summed E-state index contributed by atoms with van der Waals surface area (Å²) in [5, 5.41) is 5.22. The van der Waals surface area contributed by atoms with E-state index in [1.54, 1.807) is 0 Å². The highest BCUT2D eigenvalue weighted by Gasteiger charge is 2.32. The number of urea groups is 1.